The fourth-order valence-electron chi connectivity index (χ4n) is 2.48. The van der Waals surface area contributed by atoms with Gasteiger partial charge in [-0.3, -0.25) is 0 Å². The highest BCUT2D eigenvalue weighted by Crippen LogP contribution is 2.32. The van der Waals surface area contributed by atoms with Crippen LogP contribution in [-0.4, -0.2) is 30.0 Å². The summed E-state index contributed by atoms with van der Waals surface area (Å²) in [6.45, 7) is 4.04. The molecule has 0 radical (unpaired) electrons. The van der Waals surface area contributed by atoms with Crippen molar-refractivity contribution in [1.82, 2.24) is 0 Å². The molecular weight excluding hydrogens is 266 g/mol. The van der Waals surface area contributed by atoms with Gasteiger partial charge in [0.05, 0.1) is 6.61 Å². The van der Waals surface area contributed by atoms with E-state index in [1.54, 1.807) is 17.9 Å². The molecule has 0 bridgehead atoms. The van der Waals surface area contributed by atoms with Gasteiger partial charge in [0.2, 0.25) is 0 Å². The van der Waals surface area contributed by atoms with Crippen LogP contribution in [-0.2, 0) is 9.53 Å². The van der Waals surface area contributed by atoms with Crippen molar-refractivity contribution in [2.45, 2.75) is 39.0 Å². The number of rotatable bonds is 3. The molecule has 1 N–H and O–H groups in total. The van der Waals surface area contributed by atoms with Gasteiger partial charge in [-0.25, -0.2) is 4.79 Å². The average molecular weight is 284 g/mol. The predicted molar refractivity (Wildman–Crippen MR) is 74.3 cm³/mol. The van der Waals surface area contributed by atoms with Gasteiger partial charge < -0.3 is 14.7 Å². The number of esters is 1. The van der Waals surface area contributed by atoms with Crippen LogP contribution in [0.3, 0.4) is 0 Å². The molecule has 19 heavy (non-hydrogen) atoms. The molecule has 0 amide bonds. The summed E-state index contributed by atoms with van der Waals surface area (Å²) in [6.07, 6.45) is 0.466. The van der Waals surface area contributed by atoms with Crippen LogP contribution in [0.15, 0.2) is 18.2 Å². The van der Waals surface area contributed by atoms with Gasteiger partial charge >= 0.3 is 5.97 Å². The minimum atomic E-state index is -0.674. The molecule has 4 nitrogen and oxygen atoms in total. The zero-order valence-electron chi connectivity index (χ0n) is 11.1. The Morgan fingerprint density at radius 1 is 1.47 bits per heavy atom. The van der Waals surface area contributed by atoms with Crippen LogP contribution < -0.4 is 4.90 Å². The average Bonchev–Trinajstić information content (AvgIpc) is 2.70. The summed E-state index contributed by atoms with van der Waals surface area (Å²) in [4.78, 5) is 13.6. The van der Waals surface area contributed by atoms with Crippen molar-refractivity contribution < 1.29 is 14.6 Å². The van der Waals surface area contributed by atoms with E-state index in [1.807, 2.05) is 19.1 Å². The lowest BCUT2D eigenvalue weighted by atomic mass is 10.1. The summed E-state index contributed by atoms with van der Waals surface area (Å²) in [5, 5.41) is 10.7. The van der Waals surface area contributed by atoms with E-state index >= 15 is 0 Å². The number of aliphatic hydroxyl groups is 1. The van der Waals surface area contributed by atoms with E-state index in [0.29, 0.717) is 24.5 Å². The number of benzene rings is 1. The molecule has 1 fully saturated rings. The van der Waals surface area contributed by atoms with Crippen molar-refractivity contribution in [3.8, 4) is 0 Å². The van der Waals surface area contributed by atoms with E-state index in [0.717, 1.165) is 11.3 Å². The SMILES string of the molecule is CCOC(=O)[C@H]1CCC(O)N1c1cc(C)cc(Cl)c1. The molecule has 0 aliphatic carbocycles. The molecule has 1 aromatic carbocycles. The molecule has 1 aliphatic rings. The third-order valence-electron chi connectivity index (χ3n) is 3.24. The van der Waals surface area contributed by atoms with Crippen molar-refractivity contribution in [3.63, 3.8) is 0 Å². The fraction of sp³-hybridized carbons (Fsp3) is 0.500. The molecule has 1 aliphatic heterocycles. The highest BCUT2D eigenvalue weighted by Gasteiger charge is 2.38. The quantitative estimate of drug-likeness (QED) is 0.866. The first-order chi connectivity index (χ1) is 9.02. The normalized spacial score (nSPS) is 22.6. The second kappa shape index (κ2) is 5.80. The second-order valence-electron chi connectivity index (χ2n) is 4.72. The number of carbonyl (C=O) groups excluding carboxylic acids is 1. The molecule has 0 spiro atoms. The monoisotopic (exact) mass is 283 g/mol. The number of aliphatic hydroxyl groups excluding tert-OH is 1. The lowest BCUT2D eigenvalue weighted by molar-refractivity contribution is -0.144. The Kier molecular flexibility index (Phi) is 4.32. The Morgan fingerprint density at radius 2 is 2.21 bits per heavy atom. The summed E-state index contributed by atoms with van der Waals surface area (Å²) in [7, 11) is 0. The van der Waals surface area contributed by atoms with E-state index in [2.05, 4.69) is 0 Å². The first kappa shape index (κ1) is 14.2. The maximum Gasteiger partial charge on any atom is 0.328 e. The molecule has 0 aromatic heterocycles. The zero-order chi connectivity index (χ0) is 14.0. The number of carbonyl (C=O) groups is 1. The molecule has 104 valence electrons. The van der Waals surface area contributed by atoms with Crippen molar-refractivity contribution in [3.05, 3.63) is 28.8 Å². The van der Waals surface area contributed by atoms with E-state index < -0.39 is 12.3 Å². The third kappa shape index (κ3) is 3.01. The highest BCUT2D eigenvalue weighted by molar-refractivity contribution is 6.30. The van der Waals surface area contributed by atoms with Gasteiger partial charge in [0, 0.05) is 10.7 Å². The summed E-state index contributed by atoms with van der Waals surface area (Å²) in [6, 6.07) is 5.07. The highest BCUT2D eigenvalue weighted by atomic mass is 35.5. The molecule has 5 heteroatoms. The van der Waals surface area contributed by atoms with Gasteiger partial charge in [0.15, 0.2) is 0 Å². The second-order valence-corrected chi connectivity index (χ2v) is 5.16. The van der Waals surface area contributed by atoms with E-state index in [-0.39, 0.29) is 5.97 Å². The van der Waals surface area contributed by atoms with Crippen LogP contribution in [0.1, 0.15) is 25.3 Å². The molecule has 1 saturated heterocycles. The number of anilines is 1. The Labute approximate surface area is 117 Å². The molecule has 1 unspecified atom stereocenters. The van der Waals surface area contributed by atoms with E-state index in [1.165, 1.54) is 0 Å². The smallest absolute Gasteiger partial charge is 0.328 e. The van der Waals surface area contributed by atoms with E-state index in [9.17, 15) is 9.90 Å². The van der Waals surface area contributed by atoms with Crippen LogP contribution >= 0.6 is 11.6 Å². The fourth-order valence-corrected chi connectivity index (χ4v) is 2.76. The van der Waals surface area contributed by atoms with Gasteiger partial charge in [0.25, 0.3) is 0 Å². The zero-order valence-corrected chi connectivity index (χ0v) is 11.9. The molecule has 2 atom stereocenters. The Bertz CT molecular complexity index is 458. The maximum absolute atomic E-state index is 11.9. The Balaban J connectivity index is 2.30. The number of hydrogen-bond acceptors (Lipinski definition) is 4. The lowest BCUT2D eigenvalue weighted by Gasteiger charge is -2.28. The number of halogens is 1. The standard InChI is InChI=1S/C14H18ClNO3/c1-3-19-14(18)12-4-5-13(17)16(12)11-7-9(2)6-10(15)8-11/h6-8,12-13,17H,3-5H2,1-2H3/t12-,13?/m1/s1. The summed E-state index contributed by atoms with van der Waals surface area (Å²) in [5.41, 5.74) is 1.75. The molecular formula is C14H18ClNO3. The van der Waals surface area contributed by atoms with Gasteiger partial charge in [-0.2, -0.15) is 0 Å². The Hall–Kier alpha value is -1.26. The van der Waals surface area contributed by atoms with Crippen LogP contribution in [0.25, 0.3) is 0 Å². The van der Waals surface area contributed by atoms with Crippen LogP contribution in [0, 0.1) is 6.92 Å². The van der Waals surface area contributed by atoms with Crippen molar-refractivity contribution in [1.29, 1.82) is 0 Å². The summed E-state index contributed by atoms with van der Waals surface area (Å²) >= 11 is 6.04. The van der Waals surface area contributed by atoms with Crippen LogP contribution in [0.4, 0.5) is 5.69 Å². The summed E-state index contributed by atoms with van der Waals surface area (Å²) < 4.78 is 5.06. The summed E-state index contributed by atoms with van der Waals surface area (Å²) in [5.74, 6) is -0.295. The number of ether oxygens (including phenoxy) is 1. The predicted octanol–water partition coefficient (Wildman–Crippen LogP) is 2.50. The minimum Gasteiger partial charge on any atom is -0.464 e. The number of nitrogens with zero attached hydrogens (tertiary/aromatic N) is 1. The van der Waals surface area contributed by atoms with Gasteiger partial charge in [-0.1, -0.05) is 11.6 Å². The molecule has 0 saturated carbocycles. The van der Waals surface area contributed by atoms with Crippen LogP contribution in [0.5, 0.6) is 0 Å². The lowest BCUT2D eigenvalue weighted by Crippen LogP contribution is -2.41. The minimum absolute atomic E-state index is 0.295. The maximum atomic E-state index is 11.9. The van der Waals surface area contributed by atoms with Crippen LogP contribution in [0.2, 0.25) is 5.02 Å². The third-order valence-corrected chi connectivity index (χ3v) is 3.46. The molecule has 1 heterocycles. The van der Waals surface area contributed by atoms with Crippen molar-refractivity contribution in [2.75, 3.05) is 11.5 Å². The number of hydrogen-bond donors (Lipinski definition) is 1. The van der Waals surface area contributed by atoms with E-state index in [4.69, 9.17) is 16.3 Å². The van der Waals surface area contributed by atoms with Gasteiger partial charge in [0.1, 0.15) is 12.3 Å². The van der Waals surface area contributed by atoms with Crippen molar-refractivity contribution >= 4 is 23.3 Å². The Morgan fingerprint density at radius 3 is 2.84 bits per heavy atom. The first-order valence-electron chi connectivity index (χ1n) is 6.43. The van der Waals surface area contributed by atoms with Gasteiger partial charge in [-0.15, -0.1) is 0 Å². The largest absolute Gasteiger partial charge is 0.464 e. The molecule has 1 aromatic rings. The first-order valence-corrected chi connectivity index (χ1v) is 6.81. The van der Waals surface area contributed by atoms with Crippen molar-refractivity contribution in [2.24, 2.45) is 0 Å². The topological polar surface area (TPSA) is 49.8 Å². The number of aryl methyl sites for hydroxylation is 1. The van der Waals surface area contributed by atoms with Gasteiger partial charge in [-0.05, 0) is 50.5 Å². The molecule has 2 rings (SSSR count).